The fourth-order valence-electron chi connectivity index (χ4n) is 3.82. The summed E-state index contributed by atoms with van der Waals surface area (Å²) in [6.45, 7) is 2.10. The topological polar surface area (TPSA) is 49.4 Å². The number of anilines is 1. The number of nitrogens with one attached hydrogen (secondary N) is 1. The third-order valence-corrected chi connectivity index (χ3v) is 6.27. The molecule has 2 atom stereocenters. The van der Waals surface area contributed by atoms with Crippen molar-refractivity contribution in [3.8, 4) is 0 Å². The quantitative estimate of drug-likeness (QED) is 0.692. The molecule has 2 heterocycles. The largest absolute Gasteiger partial charge is 0.333 e. The lowest BCUT2D eigenvalue weighted by atomic mass is 9.81. The van der Waals surface area contributed by atoms with Crippen LogP contribution in [0.5, 0.6) is 0 Å². The van der Waals surface area contributed by atoms with Crippen LogP contribution in [-0.2, 0) is 11.2 Å². The summed E-state index contributed by atoms with van der Waals surface area (Å²) >= 11 is 1.57. The molecule has 0 radical (unpaired) electrons. The van der Waals surface area contributed by atoms with E-state index in [1.165, 1.54) is 5.56 Å². The Balaban J connectivity index is 1.74. The molecule has 0 unspecified atom stereocenters. The number of benzene rings is 2. The van der Waals surface area contributed by atoms with Crippen molar-refractivity contribution in [1.82, 2.24) is 4.90 Å². The molecule has 3 aromatic rings. The first-order valence-electron chi connectivity index (χ1n) is 9.39. The van der Waals surface area contributed by atoms with Crippen LogP contribution in [0.2, 0.25) is 0 Å². The fourth-order valence-corrected chi connectivity index (χ4v) is 4.72. The van der Waals surface area contributed by atoms with Gasteiger partial charge in [0.2, 0.25) is 5.91 Å². The summed E-state index contributed by atoms with van der Waals surface area (Å²) in [5.41, 5.74) is 3.37. The molecular formula is C23H22N2O2S. The number of aryl methyl sites for hydroxylation is 1. The number of carbonyl (C=O) groups is 2. The highest BCUT2D eigenvalue weighted by Gasteiger charge is 2.43. The molecule has 0 spiro atoms. The molecule has 0 saturated heterocycles. The van der Waals surface area contributed by atoms with Crippen LogP contribution in [0, 0.1) is 0 Å². The van der Waals surface area contributed by atoms with Crippen molar-refractivity contribution in [3.63, 3.8) is 0 Å². The minimum Gasteiger partial charge on any atom is -0.333 e. The lowest BCUT2D eigenvalue weighted by Crippen LogP contribution is -2.43. The molecule has 5 heteroatoms. The van der Waals surface area contributed by atoms with Gasteiger partial charge in [0.15, 0.2) is 0 Å². The first-order valence-corrected chi connectivity index (χ1v) is 10.3. The van der Waals surface area contributed by atoms with Gasteiger partial charge < -0.3 is 10.2 Å². The summed E-state index contributed by atoms with van der Waals surface area (Å²) < 4.78 is 0. The maximum absolute atomic E-state index is 13.4. The third kappa shape index (κ3) is 3.22. The molecule has 1 N–H and O–H groups in total. The van der Waals surface area contributed by atoms with Crippen molar-refractivity contribution in [2.24, 2.45) is 0 Å². The monoisotopic (exact) mass is 390 g/mol. The number of thiophene rings is 1. The lowest BCUT2D eigenvalue weighted by Gasteiger charge is -2.39. The minimum atomic E-state index is -0.469. The van der Waals surface area contributed by atoms with Crippen molar-refractivity contribution >= 4 is 28.8 Å². The van der Waals surface area contributed by atoms with Gasteiger partial charge in [0, 0.05) is 23.2 Å². The zero-order chi connectivity index (χ0) is 19.7. The molecule has 0 fully saturated rings. The molecule has 4 nitrogen and oxygen atoms in total. The highest BCUT2D eigenvalue weighted by molar-refractivity contribution is 7.10. The standard InChI is InChI=1S/C23H22N2O2S/c1-3-15-10-12-16(13-11-15)24-22(26)20-17-7-4-5-8-18(17)23(27)25(2)21(20)19-9-6-14-28-19/h4-14,20-21H,3H2,1-2H3,(H,24,26)/t20-,21-/m1/s1. The van der Waals surface area contributed by atoms with Gasteiger partial charge in [-0.25, -0.2) is 0 Å². The number of rotatable bonds is 4. The second-order valence-electron chi connectivity index (χ2n) is 6.98. The van der Waals surface area contributed by atoms with E-state index in [0.717, 1.165) is 22.5 Å². The van der Waals surface area contributed by atoms with Crippen molar-refractivity contribution in [2.75, 3.05) is 12.4 Å². The van der Waals surface area contributed by atoms with Crippen LogP contribution in [0.25, 0.3) is 0 Å². The van der Waals surface area contributed by atoms with Crippen molar-refractivity contribution in [2.45, 2.75) is 25.3 Å². The van der Waals surface area contributed by atoms with E-state index in [0.29, 0.717) is 5.56 Å². The van der Waals surface area contributed by atoms with Gasteiger partial charge in [-0.3, -0.25) is 9.59 Å². The molecule has 1 aromatic heterocycles. The molecule has 1 aliphatic rings. The van der Waals surface area contributed by atoms with Gasteiger partial charge in [-0.2, -0.15) is 0 Å². The summed E-state index contributed by atoms with van der Waals surface area (Å²) in [6, 6.07) is 19.0. The Morgan fingerprint density at radius 2 is 1.82 bits per heavy atom. The number of fused-ring (bicyclic) bond motifs is 1. The Bertz CT molecular complexity index is 996. The molecule has 0 saturated carbocycles. The summed E-state index contributed by atoms with van der Waals surface area (Å²) in [5.74, 6) is -0.622. The summed E-state index contributed by atoms with van der Waals surface area (Å²) in [6.07, 6.45) is 0.956. The number of carbonyl (C=O) groups excluding carboxylic acids is 2. The minimum absolute atomic E-state index is 0.0506. The Hall–Kier alpha value is -2.92. The molecule has 2 aromatic carbocycles. The van der Waals surface area contributed by atoms with Crippen molar-refractivity contribution in [1.29, 1.82) is 0 Å². The number of nitrogens with zero attached hydrogens (tertiary/aromatic N) is 1. The van der Waals surface area contributed by atoms with Gasteiger partial charge in [-0.1, -0.05) is 43.3 Å². The van der Waals surface area contributed by atoms with Crippen LogP contribution in [0.4, 0.5) is 5.69 Å². The van der Waals surface area contributed by atoms with E-state index >= 15 is 0 Å². The molecule has 0 aliphatic carbocycles. The van der Waals surface area contributed by atoms with Gasteiger partial charge in [-0.15, -0.1) is 11.3 Å². The van der Waals surface area contributed by atoms with Crippen molar-refractivity contribution in [3.05, 3.63) is 87.6 Å². The van der Waals surface area contributed by atoms with Gasteiger partial charge in [0.25, 0.3) is 5.91 Å². The summed E-state index contributed by atoms with van der Waals surface area (Å²) in [4.78, 5) is 29.0. The number of hydrogen-bond acceptors (Lipinski definition) is 3. The third-order valence-electron chi connectivity index (χ3n) is 5.33. The van der Waals surface area contributed by atoms with E-state index in [9.17, 15) is 9.59 Å². The van der Waals surface area contributed by atoms with Crippen LogP contribution in [0.1, 0.15) is 45.2 Å². The van der Waals surface area contributed by atoms with Crippen LogP contribution in [0.3, 0.4) is 0 Å². The van der Waals surface area contributed by atoms with Gasteiger partial charge in [-0.05, 0) is 47.2 Å². The maximum Gasteiger partial charge on any atom is 0.254 e. The summed E-state index contributed by atoms with van der Waals surface area (Å²) in [5, 5.41) is 5.04. The van der Waals surface area contributed by atoms with E-state index in [-0.39, 0.29) is 17.9 Å². The molecular weight excluding hydrogens is 368 g/mol. The fraction of sp³-hybridized carbons (Fsp3) is 0.217. The van der Waals surface area contributed by atoms with Gasteiger partial charge in [0.1, 0.15) is 0 Å². The van der Waals surface area contributed by atoms with E-state index in [2.05, 4.69) is 12.2 Å². The second kappa shape index (κ2) is 7.60. The van der Waals surface area contributed by atoms with E-state index < -0.39 is 5.92 Å². The lowest BCUT2D eigenvalue weighted by molar-refractivity contribution is -0.119. The highest BCUT2D eigenvalue weighted by Crippen LogP contribution is 2.43. The molecule has 28 heavy (non-hydrogen) atoms. The first kappa shape index (κ1) is 18.4. The Kier molecular flexibility index (Phi) is 5.01. The Morgan fingerprint density at radius 3 is 2.50 bits per heavy atom. The first-order chi connectivity index (χ1) is 13.6. The Labute approximate surface area is 168 Å². The number of amides is 2. The van der Waals surface area contributed by atoms with E-state index in [1.54, 1.807) is 29.4 Å². The Morgan fingerprint density at radius 1 is 1.07 bits per heavy atom. The zero-order valence-electron chi connectivity index (χ0n) is 15.9. The van der Waals surface area contributed by atoms with Gasteiger partial charge in [0.05, 0.1) is 12.0 Å². The predicted molar refractivity (Wildman–Crippen MR) is 113 cm³/mol. The van der Waals surface area contributed by atoms with Crippen LogP contribution in [-0.4, -0.2) is 23.8 Å². The van der Waals surface area contributed by atoms with E-state index in [4.69, 9.17) is 0 Å². The molecule has 0 bridgehead atoms. The zero-order valence-corrected chi connectivity index (χ0v) is 16.7. The van der Waals surface area contributed by atoms with Crippen LogP contribution in [0.15, 0.2) is 66.0 Å². The summed E-state index contributed by atoms with van der Waals surface area (Å²) in [7, 11) is 1.78. The highest BCUT2D eigenvalue weighted by atomic mass is 32.1. The smallest absolute Gasteiger partial charge is 0.254 e. The van der Waals surface area contributed by atoms with Crippen LogP contribution < -0.4 is 5.32 Å². The number of likely N-dealkylation sites (N-methyl/N-ethyl adjacent to an activating group) is 1. The predicted octanol–water partition coefficient (Wildman–Crippen LogP) is 4.86. The average molecular weight is 391 g/mol. The van der Waals surface area contributed by atoms with Gasteiger partial charge >= 0.3 is 0 Å². The maximum atomic E-state index is 13.4. The molecule has 1 aliphatic heterocycles. The second-order valence-corrected chi connectivity index (χ2v) is 7.96. The normalized spacial score (nSPS) is 18.6. The molecule has 4 rings (SSSR count). The molecule has 2 amide bonds. The van der Waals surface area contributed by atoms with Crippen LogP contribution >= 0.6 is 11.3 Å². The average Bonchev–Trinajstić information content (AvgIpc) is 3.25. The van der Waals surface area contributed by atoms with Crippen molar-refractivity contribution < 1.29 is 9.59 Å². The number of hydrogen-bond donors (Lipinski definition) is 1. The van der Waals surface area contributed by atoms with E-state index in [1.807, 2.05) is 60.0 Å². The molecule has 142 valence electrons. The SMILES string of the molecule is CCc1ccc(NC(=O)[C@@H]2c3ccccc3C(=O)N(C)[C@@H]2c2cccs2)cc1.